The predicted octanol–water partition coefficient (Wildman–Crippen LogP) is 2.33. The van der Waals surface area contributed by atoms with Crippen molar-refractivity contribution < 1.29 is 5.11 Å². The minimum atomic E-state index is -0.436. The van der Waals surface area contributed by atoms with Gasteiger partial charge in [-0.15, -0.1) is 0 Å². The lowest BCUT2D eigenvalue weighted by atomic mass is 10.2. The minimum Gasteiger partial charge on any atom is -0.390 e. The van der Waals surface area contributed by atoms with Crippen molar-refractivity contribution in [3.63, 3.8) is 0 Å². The molecule has 0 bridgehead atoms. The monoisotopic (exact) mass is 281 g/mol. The lowest BCUT2D eigenvalue weighted by molar-refractivity contribution is 0.128. The molecule has 1 rings (SSSR count). The molecule has 1 atom stereocenters. The van der Waals surface area contributed by atoms with Gasteiger partial charge in [0.1, 0.15) is 6.07 Å². The average Bonchev–Trinajstić information content (AvgIpc) is 2.42. The third-order valence-corrected chi connectivity index (χ3v) is 3.31. The Hall–Kier alpha value is -1.28. The summed E-state index contributed by atoms with van der Waals surface area (Å²) in [4.78, 5) is 2.16. The molecule has 0 spiro atoms. The lowest BCUT2D eigenvalue weighted by Crippen LogP contribution is -2.35. The van der Waals surface area contributed by atoms with E-state index in [1.807, 2.05) is 6.07 Å². The second-order valence-electron chi connectivity index (χ2n) is 4.33. The molecule has 0 radical (unpaired) electrons. The molecule has 0 aliphatic rings. The largest absolute Gasteiger partial charge is 0.390 e. The summed E-state index contributed by atoms with van der Waals surface area (Å²) in [6, 6.07) is 7.17. The molecule has 0 fully saturated rings. The van der Waals surface area contributed by atoms with Gasteiger partial charge in [-0.2, -0.15) is 5.26 Å². The lowest BCUT2D eigenvalue weighted by Gasteiger charge is -2.22. The maximum Gasteiger partial charge on any atom is 0.101 e. The molecule has 4 nitrogen and oxygen atoms in total. The summed E-state index contributed by atoms with van der Waals surface area (Å²) in [6.45, 7) is 7.10. The Morgan fingerprint density at radius 1 is 1.42 bits per heavy atom. The predicted molar refractivity (Wildman–Crippen MR) is 78.5 cm³/mol. The van der Waals surface area contributed by atoms with Crippen molar-refractivity contribution in [2.45, 2.75) is 20.0 Å². The fourth-order valence-electron chi connectivity index (χ4n) is 1.80. The molecular formula is C14H20ClN3O. The Kier molecular flexibility index (Phi) is 6.65. The SMILES string of the molecule is CCN(CC)CC(O)CNc1ccc(C#N)c(Cl)c1. The Bertz CT molecular complexity index is 441. The van der Waals surface area contributed by atoms with Crippen molar-refractivity contribution in [2.24, 2.45) is 0 Å². The van der Waals surface area contributed by atoms with Gasteiger partial charge in [0.2, 0.25) is 0 Å². The zero-order chi connectivity index (χ0) is 14.3. The summed E-state index contributed by atoms with van der Waals surface area (Å²) in [6.07, 6.45) is -0.436. The molecule has 0 saturated heterocycles. The molecule has 19 heavy (non-hydrogen) atoms. The van der Waals surface area contributed by atoms with E-state index in [1.54, 1.807) is 18.2 Å². The van der Waals surface area contributed by atoms with Gasteiger partial charge in [0.05, 0.1) is 16.7 Å². The fourth-order valence-corrected chi connectivity index (χ4v) is 2.02. The number of aliphatic hydroxyl groups excluding tert-OH is 1. The van der Waals surface area contributed by atoms with Crippen molar-refractivity contribution in [1.29, 1.82) is 5.26 Å². The van der Waals surface area contributed by atoms with Crippen molar-refractivity contribution in [1.82, 2.24) is 4.90 Å². The first-order valence-electron chi connectivity index (χ1n) is 6.44. The van der Waals surface area contributed by atoms with E-state index in [0.29, 0.717) is 23.7 Å². The molecule has 1 aromatic carbocycles. The van der Waals surface area contributed by atoms with Crippen LogP contribution in [-0.4, -0.2) is 42.3 Å². The summed E-state index contributed by atoms with van der Waals surface area (Å²) in [5.41, 5.74) is 1.26. The molecule has 1 unspecified atom stereocenters. The second kappa shape index (κ2) is 8.00. The first-order chi connectivity index (χ1) is 9.10. The molecule has 5 heteroatoms. The minimum absolute atomic E-state index is 0.422. The zero-order valence-corrected chi connectivity index (χ0v) is 12.1. The van der Waals surface area contributed by atoms with E-state index >= 15 is 0 Å². The van der Waals surface area contributed by atoms with Crippen molar-refractivity contribution in [2.75, 3.05) is 31.5 Å². The van der Waals surface area contributed by atoms with Crippen LogP contribution in [0.3, 0.4) is 0 Å². The maximum atomic E-state index is 9.92. The molecular weight excluding hydrogens is 262 g/mol. The van der Waals surface area contributed by atoms with Crippen molar-refractivity contribution >= 4 is 17.3 Å². The van der Waals surface area contributed by atoms with Crippen LogP contribution in [0.5, 0.6) is 0 Å². The van der Waals surface area contributed by atoms with Crippen LogP contribution in [0.4, 0.5) is 5.69 Å². The van der Waals surface area contributed by atoms with Gasteiger partial charge in [0.15, 0.2) is 0 Å². The van der Waals surface area contributed by atoms with E-state index in [1.165, 1.54) is 0 Å². The third kappa shape index (κ3) is 5.07. The number of nitriles is 1. The molecule has 0 amide bonds. The highest BCUT2D eigenvalue weighted by Gasteiger charge is 2.09. The van der Waals surface area contributed by atoms with Crippen LogP contribution in [0.2, 0.25) is 5.02 Å². The van der Waals surface area contributed by atoms with E-state index in [0.717, 1.165) is 18.8 Å². The maximum absolute atomic E-state index is 9.92. The van der Waals surface area contributed by atoms with Crippen LogP contribution in [0, 0.1) is 11.3 Å². The van der Waals surface area contributed by atoms with Crippen LogP contribution >= 0.6 is 11.6 Å². The standard InChI is InChI=1S/C14H20ClN3O/c1-3-18(4-2)10-13(19)9-17-12-6-5-11(8-16)14(15)7-12/h5-7,13,17,19H,3-4,9-10H2,1-2H3. The summed E-state index contributed by atoms with van der Waals surface area (Å²) < 4.78 is 0. The molecule has 0 saturated carbocycles. The van der Waals surface area contributed by atoms with Crippen LogP contribution in [0.25, 0.3) is 0 Å². The van der Waals surface area contributed by atoms with Crippen LogP contribution in [-0.2, 0) is 0 Å². The molecule has 104 valence electrons. The topological polar surface area (TPSA) is 59.3 Å². The fraction of sp³-hybridized carbons (Fsp3) is 0.500. The quantitative estimate of drug-likeness (QED) is 0.805. The smallest absolute Gasteiger partial charge is 0.101 e. The number of nitrogens with zero attached hydrogens (tertiary/aromatic N) is 2. The van der Waals surface area contributed by atoms with E-state index in [-0.39, 0.29) is 0 Å². The number of hydrogen-bond donors (Lipinski definition) is 2. The number of halogens is 1. The third-order valence-electron chi connectivity index (χ3n) is 2.99. The zero-order valence-electron chi connectivity index (χ0n) is 11.4. The number of benzene rings is 1. The Morgan fingerprint density at radius 3 is 2.63 bits per heavy atom. The van der Waals surface area contributed by atoms with E-state index in [2.05, 4.69) is 24.1 Å². The van der Waals surface area contributed by atoms with E-state index < -0.39 is 6.10 Å². The first-order valence-corrected chi connectivity index (χ1v) is 6.82. The molecule has 0 heterocycles. The van der Waals surface area contributed by atoms with Gasteiger partial charge in [-0.25, -0.2) is 0 Å². The van der Waals surface area contributed by atoms with Crippen molar-refractivity contribution in [3.05, 3.63) is 28.8 Å². The second-order valence-corrected chi connectivity index (χ2v) is 4.73. The van der Waals surface area contributed by atoms with E-state index in [4.69, 9.17) is 16.9 Å². The summed E-state index contributed by atoms with van der Waals surface area (Å²) in [7, 11) is 0. The van der Waals surface area contributed by atoms with Gasteiger partial charge in [-0.1, -0.05) is 25.4 Å². The molecule has 1 aromatic rings. The summed E-state index contributed by atoms with van der Waals surface area (Å²) in [5, 5.41) is 22.2. The number of rotatable bonds is 7. The summed E-state index contributed by atoms with van der Waals surface area (Å²) in [5.74, 6) is 0. The number of anilines is 1. The van der Waals surface area contributed by atoms with Crippen molar-refractivity contribution in [3.8, 4) is 6.07 Å². The Morgan fingerprint density at radius 2 is 2.11 bits per heavy atom. The highest BCUT2D eigenvalue weighted by molar-refractivity contribution is 6.32. The number of nitrogens with one attached hydrogen (secondary N) is 1. The van der Waals surface area contributed by atoms with E-state index in [9.17, 15) is 5.11 Å². The Balaban J connectivity index is 2.48. The first kappa shape index (κ1) is 15.8. The number of hydrogen-bond acceptors (Lipinski definition) is 4. The normalized spacial score (nSPS) is 12.2. The van der Waals surface area contributed by atoms with Crippen LogP contribution < -0.4 is 5.32 Å². The summed E-state index contributed by atoms with van der Waals surface area (Å²) >= 11 is 5.94. The molecule has 0 aliphatic carbocycles. The van der Waals surface area contributed by atoms with Gasteiger partial charge in [0, 0.05) is 18.8 Å². The highest BCUT2D eigenvalue weighted by atomic mass is 35.5. The van der Waals surface area contributed by atoms with Gasteiger partial charge in [0.25, 0.3) is 0 Å². The van der Waals surface area contributed by atoms with Gasteiger partial charge in [-0.3, -0.25) is 0 Å². The molecule has 2 N–H and O–H groups in total. The van der Waals surface area contributed by atoms with Crippen LogP contribution in [0.1, 0.15) is 19.4 Å². The van der Waals surface area contributed by atoms with Gasteiger partial charge >= 0.3 is 0 Å². The Labute approximate surface area is 119 Å². The van der Waals surface area contributed by atoms with Gasteiger partial charge in [-0.05, 0) is 31.3 Å². The van der Waals surface area contributed by atoms with Gasteiger partial charge < -0.3 is 15.3 Å². The van der Waals surface area contributed by atoms with Crippen LogP contribution in [0.15, 0.2) is 18.2 Å². The molecule has 0 aliphatic heterocycles. The number of aliphatic hydroxyl groups is 1. The molecule has 0 aromatic heterocycles. The average molecular weight is 282 g/mol. The number of likely N-dealkylation sites (N-methyl/N-ethyl adjacent to an activating group) is 1. The highest BCUT2D eigenvalue weighted by Crippen LogP contribution is 2.20.